The van der Waals surface area contributed by atoms with E-state index in [1.165, 1.54) is 7.11 Å². The number of nitrogens with one attached hydrogen (secondary N) is 2. The van der Waals surface area contributed by atoms with Crippen LogP contribution in [0.1, 0.15) is 74.5 Å². The van der Waals surface area contributed by atoms with Gasteiger partial charge in [0.15, 0.2) is 0 Å². The highest BCUT2D eigenvalue weighted by Crippen LogP contribution is 2.31. The summed E-state index contributed by atoms with van der Waals surface area (Å²) in [5.41, 5.74) is 4.45. The first kappa shape index (κ1) is 25.3. The number of H-pyrrole nitrogens is 1. The number of esters is 1. The Labute approximate surface area is 202 Å². The van der Waals surface area contributed by atoms with Crippen molar-refractivity contribution in [1.82, 2.24) is 10.3 Å². The Morgan fingerprint density at radius 2 is 1.88 bits per heavy atom. The lowest BCUT2D eigenvalue weighted by atomic mass is 10.0. The van der Waals surface area contributed by atoms with E-state index in [1.54, 1.807) is 0 Å². The Hall–Kier alpha value is -3.28. The number of methoxy groups -OCH3 is 1. The van der Waals surface area contributed by atoms with Gasteiger partial charge in [0.2, 0.25) is 0 Å². The van der Waals surface area contributed by atoms with Gasteiger partial charge < -0.3 is 19.8 Å². The van der Waals surface area contributed by atoms with Crippen LogP contribution in [0.3, 0.4) is 0 Å². The molecule has 6 nitrogen and oxygen atoms in total. The van der Waals surface area contributed by atoms with Gasteiger partial charge in [-0.05, 0) is 61.4 Å². The number of ether oxygens (including phenoxy) is 2. The summed E-state index contributed by atoms with van der Waals surface area (Å²) in [6.45, 7) is 3.40. The molecule has 0 fully saturated rings. The molecule has 1 aliphatic rings. The van der Waals surface area contributed by atoms with E-state index in [1.807, 2.05) is 24.3 Å². The van der Waals surface area contributed by atoms with E-state index < -0.39 is 0 Å². The lowest BCUT2D eigenvalue weighted by Gasteiger charge is -2.08. The molecule has 1 aromatic heterocycles. The van der Waals surface area contributed by atoms with Gasteiger partial charge in [-0.15, -0.1) is 0 Å². The number of benzene rings is 1. The maximum atomic E-state index is 13.1. The molecular formula is C28H36N2O4. The normalized spacial score (nSPS) is 12.8. The number of aromatic nitrogens is 1. The zero-order valence-electron chi connectivity index (χ0n) is 20.3. The predicted octanol–water partition coefficient (Wildman–Crippen LogP) is 6.06. The van der Waals surface area contributed by atoms with Crippen LogP contribution < -0.4 is 10.1 Å². The fourth-order valence-corrected chi connectivity index (χ4v) is 3.86. The van der Waals surface area contributed by atoms with E-state index in [0.29, 0.717) is 25.3 Å². The van der Waals surface area contributed by atoms with Gasteiger partial charge >= 0.3 is 5.97 Å². The number of hydrogen-bond acceptors (Lipinski definition) is 4. The molecule has 1 amide bonds. The standard InChI is InChI=1S/C28H36N2O4/c1-3-4-19-34-23-16-14-21(15-17-23)24-20-25(22-11-7-5-8-12-22)30-27(24)28(32)29-18-10-6-9-13-26(31)33-2/h7,11-12,14-17,20,30H,3-6,8-10,13,18-19H2,1-2H3,(H,29,32). The number of hydrogen-bond donors (Lipinski definition) is 2. The molecule has 1 aliphatic carbocycles. The number of amides is 1. The molecule has 0 aliphatic heterocycles. The molecule has 1 heterocycles. The van der Waals surface area contributed by atoms with Gasteiger partial charge in [0, 0.05) is 24.2 Å². The second kappa shape index (κ2) is 13.4. The summed E-state index contributed by atoms with van der Waals surface area (Å²) in [5, 5.41) is 3.02. The maximum Gasteiger partial charge on any atom is 0.305 e. The van der Waals surface area contributed by atoms with E-state index in [2.05, 4.69) is 46.3 Å². The van der Waals surface area contributed by atoms with Crippen molar-refractivity contribution in [3.63, 3.8) is 0 Å². The average molecular weight is 465 g/mol. The third-order valence-corrected chi connectivity index (χ3v) is 5.85. The maximum absolute atomic E-state index is 13.1. The lowest BCUT2D eigenvalue weighted by Crippen LogP contribution is -2.25. The van der Waals surface area contributed by atoms with Crippen LogP contribution in [0.4, 0.5) is 0 Å². The first-order valence-corrected chi connectivity index (χ1v) is 12.3. The van der Waals surface area contributed by atoms with Crippen LogP contribution in [0, 0.1) is 0 Å². The van der Waals surface area contributed by atoms with Gasteiger partial charge in [-0.2, -0.15) is 0 Å². The fourth-order valence-electron chi connectivity index (χ4n) is 3.86. The first-order valence-electron chi connectivity index (χ1n) is 12.3. The molecule has 3 rings (SSSR count). The minimum absolute atomic E-state index is 0.127. The second-order valence-electron chi connectivity index (χ2n) is 8.48. The van der Waals surface area contributed by atoms with Crippen LogP contribution in [0.2, 0.25) is 0 Å². The summed E-state index contributed by atoms with van der Waals surface area (Å²) >= 11 is 0. The molecule has 0 atom stereocenters. The van der Waals surface area contributed by atoms with E-state index >= 15 is 0 Å². The number of rotatable bonds is 13. The summed E-state index contributed by atoms with van der Waals surface area (Å²) in [7, 11) is 1.40. The molecule has 34 heavy (non-hydrogen) atoms. The van der Waals surface area contributed by atoms with Crippen molar-refractivity contribution in [2.45, 2.75) is 58.3 Å². The van der Waals surface area contributed by atoms with E-state index in [-0.39, 0.29) is 11.9 Å². The van der Waals surface area contributed by atoms with Crippen LogP contribution >= 0.6 is 0 Å². The summed E-state index contributed by atoms with van der Waals surface area (Å²) < 4.78 is 10.5. The molecule has 0 radical (unpaired) electrons. The highest BCUT2D eigenvalue weighted by molar-refractivity contribution is 6.00. The van der Waals surface area contributed by atoms with Crippen LogP contribution in [0.5, 0.6) is 5.75 Å². The van der Waals surface area contributed by atoms with Gasteiger partial charge in [-0.25, -0.2) is 0 Å². The molecule has 0 spiro atoms. The number of carbonyl (C=O) groups excluding carboxylic acids is 2. The van der Waals surface area contributed by atoms with Crippen molar-refractivity contribution in [2.24, 2.45) is 0 Å². The Morgan fingerprint density at radius 3 is 2.59 bits per heavy atom. The zero-order valence-corrected chi connectivity index (χ0v) is 20.3. The fraction of sp³-hybridized carbons (Fsp3) is 0.429. The van der Waals surface area contributed by atoms with Crippen LogP contribution in [0.15, 0.2) is 48.6 Å². The molecule has 0 saturated carbocycles. The van der Waals surface area contributed by atoms with Crippen molar-refractivity contribution in [1.29, 1.82) is 0 Å². The molecule has 0 unspecified atom stereocenters. The number of unbranched alkanes of at least 4 members (excludes halogenated alkanes) is 3. The molecule has 2 aromatic rings. The number of carbonyl (C=O) groups is 2. The highest BCUT2D eigenvalue weighted by atomic mass is 16.5. The Morgan fingerprint density at radius 1 is 1.06 bits per heavy atom. The van der Waals surface area contributed by atoms with Crippen LogP contribution in [-0.2, 0) is 9.53 Å². The van der Waals surface area contributed by atoms with Gasteiger partial charge in [0.1, 0.15) is 11.4 Å². The van der Waals surface area contributed by atoms with Crippen molar-refractivity contribution in [2.75, 3.05) is 20.3 Å². The summed E-state index contributed by atoms with van der Waals surface area (Å²) in [5.74, 6) is 0.516. The van der Waals surface area contributed by atoms with Crippen LogP contribution in [-0.4, -0.2) is 37.1 Å². The van der Waals surface area contributed by atoms with Gasteiger partial charge in [-0.1, -0.05) is 50.1 Å². The largest absolute Gasteiger partial charge is 0.494 e. The minimum atomic E-state index is -0.194. The summed E-state index contributed by atoms with van der Waals surface area (Å²) in [6.07, 6.45) is 13.5. The first-order chi connectivity index (χ1) is 16.6. The SMILES string of the molecule is CCCCOc1ccc(-c2cc(C3=CCCC=C3)[nH]c2C(=O)NCCCCCC(=O)OC)cc1. The molecule has 1 aromatic carbocycles. The van der Waals surface area contributed by atoms with Gasteiger partial charge in [0.25, 0.3) is 5.91 Å². The van der Waals surface area contributed by atoms with Crippen molar-refractivity contribution >= 4 is 17.4 Å². The summed E-state index contributed by atoms with van der Waals surface area (Å²) in [6, 6.07) is 9.98. The number of aromatic amines is 1. The number of allylic oxidation sites excluding steroid dienone is 4. The topological polar surface area (TPSA) is 80.4 Å². The van der Waals surface area contributed by atoms with E-state index in [0.717, 1.165) is 73.1 Å². The molecule has 2 N–H and O–H groups in total. The summed E-state index contributed by atoms with van der Waals surface area (Å²) in [4.78, 5) is 27.7. The second-order valence-corrected chi connectivity index (χ2v) is 8.48. The van der Waals surface area contributed by atoms with Crippen molar-refractivity contribution < 1.29 is 19.1 Å². The molecule has 182 valence electrons. The third-order valence-electron chi connectivity index (χ3n) is 5.85. The van der Waals surface area contributed by atoms with E-state index in [4.69, 9.17) is 4.74 Å². The molecular weight excluding hydrogens is 428 g/mol. The molecule has 0 saturated heterocycles. The third kappa shape index (κ3) is 7.37. The predicted molar refractivity (Wildman–Crippen MR) is 136 cm³/mol. The Kier molecular flexibility index (Phi) is 10.0. The smallest absolute Gasteiger partial charge is 0.305 e. The lowest BCUT2D eigenvalue weighted by molar-refractivity contribution is -0.140. The van der Waals surface area contributed by atoms with Gasteiger partial charge in [-0.3, -0.25) is 9.59 Å². The van der Waals surface area contributed by atoms with Crippen LogP contribution in [0.25, 0.3) is 16.7 Å². The average Bonchev–Trinajstić information content (AvgIpc) is 3.32. The Balaban J connectivity index is 1.70. The molecule has 0 bridgehead atoms. The van der Waals surface area contributed by atoms with Crippen molar-refractivity contribution in [3.05, 3.63) is 59.9 Å². The zero-order chi connectivity index (χ0) is 24.2. The molecule has 6 heteroatoms. The van der Waals surface area contributed by atoms with E-state index in [9.17, 15) is 9.59 Å². The monoisotopic (exact) mass is 464 g/mol. The highest BCUT2D eigenvalue weighted by Gasteiger charge is 2.18. The van der Waals surface area contributed by atoms with Crippen molar-refractivity contribution in [3.8, 4) is 16.9 Å². The van der Waals surface area contributed by atoms with Gasteiger partial charge in [0.05, 0.1) is 13.7 Å². The quantitative estimate of drug-likeness (QED) is 0.279. The minimum Gasteiger partial charge on any atom is -0.494 e. The Bertz CT molecular complexity index is 1000.